The molecule has 1 rings (SSSR count). The van der Waals surface area contributed by atoms with Gasteiger partial charge in [-0.3, -0.25) is 16.3 Å². The molecular weight excluding hydrogens is 250 g/mol. The van der Waals surface area contributed by atoms with E-state index in [1.807, 2.05) is 6.20 Å². The van der Waals surface area contributed by atoms with Crippen molar-refractivity contribution in [2.75, 3.05) is 6.61 Å². The molecule has 4 nitrogen and oxygen atoms in total. The van der Waals surface area contributed by atoms with Gasteiger partial charge in [0, 0.05) is 6.20 Å². The minimum atomic E-state index is 0.143. The van der Waals surface area contributed by atoms with Crippen LogP contribution in [0, 0.1) is 5.92 Å². The molecule has 4 heteroatoms. The second kappa shape index (κ2) is 9.72. The van der Waals surface area contributed by atoms with Gasteiger partial charge >= 0.3 is 0 Å². The van der Waals surface area contributed by atoms with Gasteiger partial charge in [-0.05, 0) is 30.4 Å². The van der Waals surface area contributed by atoms with Gasteiger partial charge in [-0.2, -0.15) is 0 Å². The Labute approximate surface area is 123 Å². The standard InChI is InChI=1S/C16H29N3O/c1-4-7-8-13(6-3)16(19-17)14-10-15(12-18-11-14)20-9-5-2/h10-13,16,19H,4-9,17H2,1-3H3. The number of hydrazine groups is 1. The van der Waals surface area contributed by atoms with Gasteiger partial charge in [0.05, 0.1) is 18.8 Å². The maximum atomic E-state index is 5.78. The van der Waals surface area contributed by atoms with Crippen LogP contribution in [-0.4, -0.2) is 11.6 Å². The summed E-state index contributed by atoms with van der Waals surface area (Å²) in [5.74, 6) is 7.14. The molecular formula is C16H29N3O. The Balaban J connectivity index is 2.81. The van der Waals surface area contributed by atoms with Crippen LogP contribution < -0.4 is 16.0 Å². The van der Waals surface area contributed by atoms with Crippen LogP contribution in [0.5, 0.6) is 5.75 Å². The minimum absolute atomic E-state index is 0.143. The van der Waals surface area contributed by atoms with Crippen LogP contribution >= 0.6 is 0 Å². The zero-order chi connectivity index (χ0) is 14.8. The van der Waals surface area contributed by atoms with Crippen LogP contribution in [0.15, 0.2) is 18.5 Å². The van der Waals surface area contributed by atoms with Gasteiger partial charge in [0.1, 0.15) is 5.75 Å². The number of pyridine rings is 1. The molecule has 1 aromatic rings. The predicted molar refractivity (Wildman–Crippen MR) is 83.4 cm³/mol. The third-order valence-corrected chi connectivity index (χ3v) is 3.67. The SMILES string of the molecule is CCCCC(CC)C(NN)c1cncc(OCCC)c1. The monoisotopic (exact) mass is 279 g/mol. The number of hydrogen-bond acceptors (Lipinski definition) is 4. The molecule has 3 N–H and O–H groups in total. The Morgan fingerprint density at radius 1 is 1.25 bits per heavy atom. The number of nitrogens with one attached hydrogen (secondary N) is 1. The number of nitrogens with two attached hydrogens (primary N) is 1. The number of ether oxygens (including phenoxy) is 1. The molecule has 0 aromatic carbocycles. The Kier molecular flexibility index (Phi) is 8.23. The fraction of sp³-hybridized carbons (Fsp3) is 0.688. The Morgan fingerprint density at radius 3 is 2.65 bits per heavy atom. The van der Waals surface area contributed by atoms with E-state index in [2.05, 4.69) is 37.2 Å². The third kappa shape index (κ3) is 5.10. The molecule has 1 heterocycles. The van der Waals surface area contributed by atoms with Crippen molar-refractivity contribution in [3.8, 4) is 5.75 Å². The first-order valence-electron chi connectivity index (χ1n) is 7.80. The van der Waals surface area contributed by atoms with E-state index >= 15 is 0 Å². The lowest BCUT2D eigenvalue weighted by Crippen LogP contribution is -2.33. The van der Waals surface area contributed by atoms with Crippen LogP contribution in [0.2, 0.25) is 0 Å². The average Bonchev–Trinajstić information content (AvgIpc) is 2.49. The lowest BCUT2D eigenvalue weighted by molar-refractivity contribution is 0.308. The highest BCUT2D eigenvalue weighted by Gasteiger charge is 2.21. The van der Waals surface area contributed by atoms with Crippen molar-refractivity contribution < 1.29 is 4.74 Å². The summed E-state index contributed by atoms with van der Waals surface area (Å²) in [5.41, 5.74) is 4.08. The first kappa shape index (κ1) is 16.9. The molecule has 0 aliphatic carbocycles. The quantitative estimate of drug-likeness (QED) is 0.507. The first-order valence-corrected chi connectivity index (χ1v) is 7.80. The molecule has 2 unspecified atom stereocenters. The normalized spacial score (nSPS) is 14.0. The van der Waals surface area contributed by atoms with Gasteiger partial charge in [-0.15, -0.1) is 0 Å². The summed E-state index contributed by atoms with van der Waals surface area (Å²) in [6.45, 7) is 7.26. The zero-order valence-electron chi connectivity index (χ0n) is 13.1. The first-order chi connectivity index (χ1) is 9.76. The van der Waals surface area contributed by atoms with Crippen molar-refractivity contribution in [3.63, 3.8) is 0 Å². The molecule has 20 heavy (non-hydrogen) atoms. The van der Waals surface area contributed by atoms with Crippen molar-refractivity contribution in [1.82, 2.24) is 10.4 Å². The summed E-state index contributed by atoms with van der Waals surface area (Å²) >= 11 is 0. The number of aromatic nitrogens is 1. The highest BCUT2D eigenvalue weighted by atomic mass is 16.5. The minimum Gasteiger partial charge on any atom is -0.492 e. The second-order valence-corrected chi connectivity index (χ2v) is 5.26. The largest absolute Gasteiger partial charge is 0.492 e. The molecule has 0 spiro atoms. The molecule has 2 atom stereocenters. The van der Waals surface area contributed by atoms with E-state index in [0.29, 0.717) is 5.92 Å². The summed E-state index contributed by atoms with van der Waals surface area (Å²) in [4.78, 5) is 4.28. The molecule has 0 bridgehead atoms. The molecule has 0 saturated heterocycles. The van der Waals surface area contributed by atoms with E-state index in [1.165, 1.54) is 19.3 Å². The molecule has 0 aliphatic heterocycles. The number of rotatable bonds is 10. The van der Waals surface area contributed by atoms with E-state index in [-0.39, 0.29) is 6.04 Å². The lowest BCUT2D eigenvalue weighted by Gasteiger charge is -2.26. The topological polar surface area (TPSA) is 60.2 Å². The number of unbranched alkanes of at least 4 members (excludes halogenated alkanes) is 1. The Morgan fingerprint density at radius 2 is 2.05 bits per heavy atom. The van der Waals surface area contributed by atoms with Crippen molar-refractivity contribution in [2.45, 2.75) is 58.9 Å². The van der Waals surface area contributed by atoms with Crippen LogP contribution in [0.3, 0.4) is 0 Å². The molecule has 0 amide bonds. The molecule has 0 saturated carbocycles. The highest BCUT2D eigenvalue weighted by molar-refractivity contribution is 5.26. The van der Waals surface area contributed by atoms with E-state index in [1.54, 1.807) is 6.20 Å². The summed E-state index contributed by atoms with van der Waals surface area (Å²) < 4.78 is 5.65. The van der Waals surface area contributed by atoms with Crippen LogP contribution in [-0.2, 0) is 0 Å². The van der Waals surface area contributed by atoms with Crippen LogP contribution in [0.25, 0.3) is 0 Å². The Hall–Kier alpha value is -1.13. The smallest absolute Gasteiger partial charge is 0.137 e. The second-order valence-electron chi connectivity index (χ2n) is 5.26. The fourth-order valence-electron chi connectivity index (χ4n) is 2.48. The summed E-state index contributed by atoms with van der Waals surface area (Å²) in [6, 6.07) is 2.20. The zero-order valence-corrected chi connectivity index (χ0v) is 13.1. The summed E-state index contributed by atoms with van der Waals surface area (Å²) in [7, 11) is 0. The van der Waals surface area contributed by atoms with E-state index in [4.69, 9.17) is 10.6 Å². The maximum absolute atomic E-state index is 5.78. The van der Waals surface area contributed by atoms with Crippen molar-refractivity contribution >= 4 is 0 Å². The highest BCUT2D eigenvalue weighted by Crippen LogP contribution is 2.29. The summed E-state index contributed by atoms with van der Waals surface area (Å²) in [6.07, 6.45) is 9.38. The van der Waals surface area contributed by atoms with Gasteiger partial charge in [-0.25, -0.2) is 0 Å². The average molecular weight is 279 g/mol. The van der Waals surface area contributed by atoms with Gasteiger partial charge in [0.25, 0.3) is 0 Å². The van der Waals surface area contributed by atoms with Gasteiger partial charge in [0.15, 0.2) is 0 Å². The van der Waals surface area contributed by atoms with Gasteiger partial charge in [0.2, 0.25) is 0 Å². The molecule has 114 valence electrons. The van der Waals surface area contributed by atoms with Gasteiger partial charge < -0.3 is 4.74 Å². The van der Waals surface area contributed by atoms with E-state index < -0.39 is 0 Å². The van der Waals surface area contributed by atoms with Crippen LogP contribution in [0.1, 0.15) is 64.5 Å². The Bertz CT molecular complexity index is 370. The van der Waals surface area contributed by atoms with Crippen LogP contribution in [0.4, 0.5) is 0 Å². The van der Waals surface area contributed by atoms with E-state index in [9.17, 15) is 0 Å². The van der Waals surface area contributed by atoms with Crippen molar-refractivity contribution in [1.29, 1.82) is 0 Å². The predicted octanol–water partition coefficient (Wildman–Crippen LogP) is 3.59. The van der Waals surface area contributed by atoms with Gasteiger partial charge in [-0.1, -0.05) is 40.0 Å². The maximum Gasteiger partial charge on any atom is 0.137 e. The van der Waals surface area contributed by atoms with Crippen molar-refractivity contribution in [2.24, 2.45) is 11.8 Å². The van der Waals surface area contributed by atoms with E-state index in [0.717, 1.165) is 30.8 Å². The number of hydrogen-bond donors (Lipinski definition) is 2. The van der Waals surface area contributed by atoms with Crippen molar-refractivity contribution in [3.05, 3.63) is 24.0 Å². The lowest BCUT2D eigenvalue weighted by atomic mass is 9.88. The number of nitrogens with zero attached hydrogens (tertiary/aromatic N) is 1. The molecule has 0 fully saturated rings. The molecule has 0 radical (unpaired) electrons. The molecule has 0 aliphatic rings. The fourth-order valence-corrected chi connectivity index (χ4v) is 2.48. The molecule has 1 aromatic heterocycles. The third-order valence-electron chi connectivity index (χ3n) is 3.67. The summed E-state index contributed by atoms with van der Waals surface area (Å²) in [5, 5.41) is 0.